The molecule has 2 aromatic carbocycles. The van der Waals surface area contributed by atoms with E-state index in [0.29, 0.717) is 28.9 Å². The molecule has 2 aromatic rings. The number of nitrogens with zero attached hydrogens (tertiary/aromatic N) is 1. The Balaban J connectivity index is 1.58. The van der Waals surface area contributed by atoms with Crippen LogP contribution in [0.15, 0.2) is 53.3 Å². The number of ketones is 2. The van der Waals surface area contributed by atoms with Gasteiger partial charge in [0, 0.05) is 17.9 Å². The van der Waals surface area contributed by atoms with Gasteiger partial charge in [-0.3, -0.25) is 24.1 Å². The molecule has 0 aliphatic heterocycles. The number of ether oxygens (including phenoxy) is 1. The first kappa shape index (κ1) is 31.0. The number of aliphatic hydroxyl groups excluding tert-OH is 2. The molecule has 1 fully saturated rings. The van der Waals surface area contributed by atoms with Crippen LogP contribution in [-0.4, -0.2) is 74.5 Å². The molecule has 0 radical (unpaired) electrons. The molecule has 11 heteroatoms. The Morgan fingerprint density at radius 3 is 2.34 bits per heavy atom. The third kappa shape index (κ3) is 4.76. The molecule has 0 aromatic heterocycles. The van der Waals surface area contributed by atoms with E-state index in [1.807, 2.05) is 13.8 Å². The van der Waals surface area contributed by atoms with E-state index in [9.17, 15) is 39.6 Å². The highest BCUT2D eigenvalue weighted by Gasteiger charge is 2.64. The van der Waals surface area contributed by atoms with Crippen molar-refractivity contribution in [1.29, 1.82) is 0 Å². The minimum Gasteiger partial charge on any atom is -0.508 e. The fraction of sp³-hybridized carbons (Fsp3) is 0.394. The average Bonchev–Trinajstić information content (AvgIpc) is 2.95. The molecule has 232 valence electrons. The number of phenolic OH excluding ortho intramolecular Hbond substituents is 1. The van der Waals surface area contributed by atoms with Gasteiger partial charge in [0.2, 0.25) is 5.78 Å². The number of nitrogens with two attached hydrogens (primary N) is 1. The molecule has 44 heavy (non-hydrogen) atoms. The molecule has 0 bridgehead atoms. The van der Waals surface area contributed by atoms with E-state index in [-0.39, 0.29) is 41.6 Å². The summed E-state index contributed by atoms with van der Waals surface area (Å²) in [7, 11) is 3.10. The maximum Gasteiger partial charge on any atom is 0.311 e. The Morgan fingerprint density at radius 1 is 1.09 bits per heavy atom. The molecular weight excluding hydrogens is 568 g/mol. The number of phenols is 1. The number of likely N-dealkylation sites (N-methyl/N-ethyl adjacent to an activating group) is 1. The van der Waals surface area contributed by atoms with Crippen LogP contribution in [0.1, 0.15) is 44.2 Å². The Bertz CT molecular complexity index is 1640. The number of hydrogen-bond donors (Lipinski definition) is 5. The standard InChI is InChI=1S/C33H36N2O9/c1-5-15(2)12-23(37)44-18-8-6-16(7-9-18)19-10-11-22(36)25-20(19)13-17-14-21-27(35(3)4)29(39)26(32(34)42)31(41)33(21,43)30(40)24(17)28(25)38/h6-11,15,17,21,27,36,38,41,43H,5,12-14H2,1-4H3,(H2,34,42)/t15?,17-,21-,27-,33-/m0/s1. The van der Waals surface area contributed by atoms with Crippen LogP contribution in [0.3, 0.4) is 0 Å². The molecule has 1 amide bonds. The number of carbonyl (C=O) groups is 4. The molecule has 0 heterocycles. The van der Waals surface area contributed by atoms with Crippen LogP contribution in [0, 0.1) is 17.8 Å². The minimum absolute atomic E-state index is 0.00264. The van der Waals surface area contributed by atoms with E-state index in [2.05, 4.69) is 0 Å². The van der Waals surface area contributed by atoms with E-state index in [1.54, 1.807) is 44.4 Å². The Kier molecular flexibility index (Phi) is 7.89. The zero-order valence-electron chi connectivity index (χ0n) is 25.0. The number of primary amides is 1. The Labute approximate surface area is 254 Å². The minimum atomic E-state index is -2.69. The number of hydrogen-bond acceptors (Lipinski definition) is 10. The normalized spacial score (nSPS) is 25.4. The molecule has 3 aliphatic carbocycles. The van der Waals surface area contributed by atoms with Crippen LogP contribution < -0.4 is 10.5 Å². The van der Waals surface area contributed by atoms with Gasteiger partial charge < -0.3 is 30.9 Å². The summed E-state index contributed by atoms with van der Waals surface area (Å²) in [4.78, 5) is 53.1. The van der Waals surface area contributed by atoms with Gasteiger partial charge in [0.15, 0.2) is 11.4 Å². The highest BCUT2D eigenvalue weighted by atomic mass is 16.5. The number of benzene rings is 2. The number of carbonyl (C=O) groups excluding carboxylic acids is 4. The summed E-state index contributed by atoms with van der Waals surface area (Å²) < 4.78 is 5.47. The highest BCUT2D eigenvalue weighted by molar-refractivity contribution is 6.24. The maximum atomic E-state index is 14.0. The van der Waals surface area contributed by atoms with Crippen LogP contribution >= 0.6 is 0 Å². The summed E-state index contributed by atoms with van der Waals surface area (Å²) in [5.41, 5.74) is 3.50. The number of rotatable bonds is 7. The molecule has 1 saturated carbocycles. The lowest BCUT2D eigenvalue weighted by atomic mass is 9.57. The third-order valence-electron chi connectivity index (χ3n) is 9.21. The average molecular weight is 605 g/mol. The van der Waals surface area contributed by atoms with Crippen LogP contribution in [0.2, 0.25) is 0 Å². The van der Waals surface area contributed by atoms with Crippen molar-refractivity contribution in [3.05, 3.63) is 64.4 Å². The van der Waals surface area contributed by atoms with E-state index in [4.69, 9.17) is 10.5 Å². The van der Waals surface area contributed by atoms with E-state index in [0.717, 1.165) is 6.42 Å². The van der Waals surface area contributed by atoms with E-state index < -0.39 is 58.0 Å². The van der Waals surface area contributed by atoms with Gasteiger partial charge in [-0.25, -0.2) is 0 Å². The van der Waals surface area contributed by atoms with Crippen LogP contribution in [0.5, 0.6) is 11.5 Å². The fourth-order valence-corrected chi connectivity index (χ4v) is 6.82. The lowest BCUT2D eigenvalue weighted by Crippen LogP contribution is -2.65. The SMILES string of the molecule is CCC(C)CC(=O)Oc1ccc(-c2ccc(O)c3c2C[C@H]2C[C@H]4[C@H](N(C)C)C(=O)C(C(N)=O)=C(O)[C@@]4(O)C(=O)C2=C3O)cc1. The van der Waals surface area contributed by atoms with Gasteiger partial charge in [0.1, 0.15) is 28.6 Å². The first-order valence-corrected chi connectivity index (χ1v) is 14.5. The molecule has 5 rings (SSSR count). The van der Waals surface area contributed by atoms with Gasteiger partial charge >= 0.3 is 5.97 Å². The number of aromatic hydroxyl groups is 1. The first-order valence-electron chi connectivity index (χ1n) is 14.5. The van der Waals surface area contributed by atoms with Crippen LogP contribution in [-0.2, 0) is 25.6 Å². The fourth-order valence-electron chi connectivity index (χ4n) is 6.82. The zero-order valence-corrected chi connectivity index (χ0v) is 25.0. The van der Waals surface area contributed by atoms with Crippen molar-refractivity contribution in [3.63, 3.8) is 0 Å². The van der Waals surface area contributed by atoms with E-state index >= 15 is 0 Å². The smallest absolute Gasteiger partial charge is 0.311 e. The quantitative estimate of drug-likeness (QED) is 0.179. The van der Waals surface area contributed by atoms with Gasteiger partial charge in [0.25, 0.3) is 5.91 Å². The molecule has 3 aliphatic rings. The zero-order chi connectivity index (χ0) is 32.2. The predicted molar refractivity (Wildman–Crippen MR) is 159 cm³/mol. The molecule has 11 nitrogen and oxygen atoms in total. The van der Waals surface area contributed by atoms with Gasteiger partial charge in [-0.1, -0.05) is 38.5 Å². The summed E-state index contributed by atoms with van der Waals surface area (Å²) in [6, 6.07) is 8.69. The van der Waals surface area contributed by atoms with Crippen molar-refractivity contribution in [1.82, 2.24) is 4.90 Å². The van der Waals surface area contributed by atoms with Crippen molar-refractivity contribution >= 4 is 29.2 Å². The second-order valence-electron chi connectivity index (χ2n) is 12.2. The van der Waals surface area contributed by atoms with Gasteiger partial charge in [-0.2, -0.15) is 0 Å². The molecular formula is C33H36N2O9. The summed E-state index contributed by atoms with van der Waals surface area (Å²) in [6.45, 7) is 3.97. The Morgan fingerprint density at radius 2 is 1.75 bits per heavy atom. The van der Waals surface area contributed by atoms with E-state index in [1.165, 1.54) is 11.0 Å². The van der Waals surface area contributed by atoms with Crippen molar-refractivity contribution in [3.8, 4) is 22.6 Å². The van der Waals surface area contributed by atoms with Gasteiger partial charge in [-0.15, -0.1) is 0 Å². The Hall–Kier alpha value is -4.48. The van der Waals surface area contributed by atoms with Crippen molar-refractivity contribution in [2.24, 2.45) is 23.5 Å². The summed E-state index contributed by atoms with van der Waals surface area (Å²) >= 11 is 0. The second kappa shape index (κ2) is 11.2. The molecule has 6 N–H and O–H groups in total. The second-order valence-corrected chi connectivity index (χ2v) is 12.2. The lowest BCUT2D eigenvalue weighted by Gasteiger charge is -2.50. The maximum absolute atomic E-state index is 14.0. The largest absolute Gasteiger partial charge is 0.508 e. The number of Topliss-reactive ketones (excluding diaryl/α,β-unsaturated/α-hetero) is 2. The molecule has 1 unspecified atom stereocenters. The van der Waals surface area contributed by atoms with Crippen LogP contribution in [0.4, 0.5) is 0 Å². The molecule has 0 spiro atoms. The van der Waals surface area contributed by atoms with Gasteiger partial charge in [0.05, 0.1) is 11.6 Å². The lowest BCUT2D eigenvalue weighted by molar-refractivity contribution is -0.153. The molecule has 0 saturated heterocycles. The van der Waals surface area contributed by atoms with Gasteiger partial charge in [-0.05, 0) is 73.7 Å². The first-order chi connectivity index (χ1) is 20.7. The van der Waals surface area contributed by atoms with Crippen molar-refractivity contribution in [2.45, 2.75) is 51.2 Å². The summed E-state index contributed by atoms with van der Waals surface area (Å²) in [5.74, 6) is -6.76. The highest BCUT2D eigenvalue weighted by Crippen LogP contribution is 2.53. The monoisotopic (exact) mass is 604 g/mol. The summed E-state index contributed by atoms with van der Waals surface area (Å²) in [5, 5.41) is 45.0. The van der Waals surface area contributed by atoms with Crippen molar-refractivity contribution in [2.75, 3.05) is 14.1 Å². The van der Waals surface area contributed by atoms with Crippen LogP contribution in [0.25, 0.3) is 16.9 Å². The summed E-state index contributed by atoms with van der Waals surface area (Å²) in [6.07, 6.45) is 1.30. The predicted octanol–water partition coefficient (Wildman–Crippen LogP) is 2.97. The third-order valence-corrected chi connectivity index (χ3v) is 9.21. The van der Waals surface area contributed by atoms with Crippen molar-refractivity contribution < 1.29 is 44.3 Å². The number of esters is 1. The number of amides is 1. The number of fused-ring (bicyclic) bond motifs is 3. The molecule has 5 atom stereocenters. The number of aliphatic hydroxyl groups is 3. The topological polar surface area (TPSA) is 188 Å².